The molecule has 1 aromatic rings. The molecule has 1 aliphatic carbocycles. The molecular weight excluding hydrogens is 212 g/mol. The minimum atomic E-state index is 0.119. The Hall–Kier alpha value is -0.560. The normalized spacial score (nSPS) is 27.8. The fourth-order valence-corrected chi connectivity index (χ4v) is 2.28. The molecule has 0 bridgehead atoms. The Labute approximate surface area is 81.4 Å². The van der Waals surface area contributed by atoms with Crippen molar-refractivity contribution >= 4 is 15.9 Å². The van der Waals surface area contributed by atoms with E-state index in [0.29, 0.717) is 0 Å². The lowest BCUT2D eigenvalue weighted by Crippen LogP contribution is -2.10. The second kappa shape index (κ2) is 3.06. The van der Waals surface area contributed by atoms with Crippen LogP contribution in [0.1, 0.15) is 18.4 Å². The quantitative estimate of drug-likeness (QED) is 0.503. The summed E-state index contributed by atoms with van der Waals surface area (Å²) in [5.41, 5.74) is 1.36. The summed E-state index contributed by atoms with van der Waals surface area (Å²) in [6, 6.07) is 10.6. The molecule has 1 aliphatic rings. The van der Waals surface area contributed by atoms with Gasteiger partial charge in [-0.2, -0.15) is 0 Å². The van der Waals surface area contributed by atoms with E-state index >= 15 is 0 Å². The van der Waals surface area contributed by atoms with Gasteiger partial charge in [-0.15, -0.1) is 0 Å². The summed E-state index contributed by atoms with van der Waals surface area (Å²) in [7, 11) is 0. The molecule has 0 aliphatic heterocycles. The third kappa shape index (κ3) is 1.34. The lowest BCUT2D eigenvalue weighted by atomic mass is 9.99. The Morgan fingerprint density at radius 2 is 1.92 bits per heavy atom. The molecule has 62 valence electrons. The lowest BCUT2D eigenvalue weighted by molar-refractivity contribution is 0.754. The summed E-state index contributed by atoms with van der Waals surface area (Å²) in [5, 5.41) is 0. The molecule has 0 fully saturated rings. The van der Waals surface area contributed by atoms with Gasteiger partial charge < -0.3 is 0 Å². The Kier molecular flexibility index (Phi) is 2.05. The van der Waals surface area contributed by atoms with Crippen molar-refractivity contribution in [3.05, 3.63) is 48.0 Å². The van der Waals surface area contributed by atoms with E-state index < -0.39 is 0 Å². The van der Waals surface area contributed by atoms with Gasteiger partial charge in [0.25, 0.3) is 0 Å². The lowest BCUT2D eigenvalue weighted by Gasteiger charge is -2.19. The van der Waals surface area contributed by atoms with Crippen LogP contribution in [-0.2, 0) is 4.32 Å². The van der Waals surface area contributed by atoms with Gasteiger partial charge in [0.15, 0.2) is 0 Å². The summed E-state index contributed by atoms with van der Waals surface area (Å²) in [5.74, 6) is 0. The van der Waals surface area contributed by atoms with Crippen molar-refractivity contribution in [2.45, 2.75) is 17.2 Å². The molecule has 0 unspecified atom stereocenters. The van der Waals surface area contributed by atoms with Crippen molar-refractivity contribution in [1.29, 1.82) is 0 Å². The van der Waals surface area contributed by atoms with Crippen LogP contribution in [0.25, 0.3) is 0 Å². The smallest absolute Gasteiger partial charge is 0.0688 e. The second-order valence-electron chi connectivity index (χ2n) is 3.17. The van der Waals surface area contributed by atoms with Crippen LogP contribution in [0.15, 0.2) is 42.5 Å². The van der Waals surface area contributed by atoms with Crippen LogP contribution in [0.4, 0.5) is 0 Å². The van der Waals surface area contributed by atoms with Crippen LogP contribution < -0.4 is 0 Å². The standard InChI is InChI=1S/C11H11Br/c12-11(8-4-5-9-11)10-6-2-1-3-7-10/h1-4,6-8H,5,9H2/t11-/m1/s1. The van der Waals surface area contributed by atoms with E-state index in [1.165, 1.54) is 18.4 Å². The van der Waals surface area contributed by atoms with Gasteiger partial charge >= 0.3 is 0 Å². The highest BCUT2D eigenvalue weighted by atomic mass is 79.9. The number of benzene rings is 1. The summed E-state index contributed by atoms with van der Waals surface area (Å²) < 4.78 is 0.119. The fraction of sp³-hybridized carbons (Fsp3) is 0.273. The summed E-state index contributed by atoms with van der Waals surface area (Å²) in [6.45, 7) is 0. The predicted octanol–water partition coefficient (Wildman–Crippen LogP) is 3.63. The van der Waals surface area contributed by atoms with E-state index in [-0.39, 0.29) is 4.32 Å². The minimum Gasteiger partial charge on any atom is -0.0867 e. The maximum Gasteiger partial charge on any atom is 0.0688 e. The Morgan fingerprint density at radius 1 is 1.17 bits per heavy atom. The van der Waals surface area contributed by atoms with Crippen molar-refractivity contribution in [2.24, 2.45) is 0 Å². The first-order chi connectivity index (χ1) is 5.81. The third-order valence-corrected chi connectivity index (χ3v) is 3.43. The Bertz CT molecular complexity index is 289. The molecular formula is C11H11Br. The van der Waals surface area contributed by atoms with Crippen molar-refractivity contribution in [2.75, 3.05) is 0 Å². The average molecular weight is 223 g/mol. The number of hydrogen-bond donors (Lipinski definition) is 0. The first-order valence-electron chi connectivity index (χ1n) is 4.23. The molecule has 2 rings (SSSR count). The van der Waals surface area contributed by atoms with Crippen LogP contribution in [0.2, 0.25) is 0 Å². The zero-order chi connectivity index (χ0) is 8.44. The average Bonchev–Trinajstić information content (AvgIpc) is 2.55. The van der Waals surface area contributed by atoms with Gasteiger partial charge in [-0.1, -0.05) is 58.4 Å². The molecule has 12 heavy (non-hydrogen) atoms. The largest absolute Gasteiger partial charge is 0.0867 e. The predicted molar refractivity (Wildman–Crippen MR) is 55.4 cm³/mol. The van der Waals surface area contributed by atoms with Gasteiger partial charge in [-0.05, 0) is 18.4 Å². The van der Waals surface area contributed by atoms with Crippen LogP contribution in [-0.4, -0.2) is 0 Å². The van der Waals surface area contributed by atoms with Crippen molar-refractivity contribution < 1.29 is 0 Å². The molecule has 0 amide bonds. The Morgan fingerprint density at radius 3 is 2.50 bits per heavy atom. The SMILES string of the molecule is Br[C@]1(c2ccccc2)C=CCC1. The number of alkyl halides is 1. The fourth-order valence-electron chi connectivity index (χ4n) is 1.60. The number of halogens is 1. The van der Waals surface area contributed by atoms with E-state index in [1.807, 2.05) is 0 Å². The number of hydrogen-bond acceptors (Lipinski definition) is 0. The van der Waals surface area contributed by atoms with Crippen molar-refractivity contribution in [3.63, 3.8) is 0 Å². The molecule has 0 spiro atoms. The van der Waals surface area contributed by atoms with Crippen LogP contribution >= 0.6 is 15.9 Å². The first-order valence-corrected chi connectivity index (χ1v) is 5.03. The molecule has 0 heterocycles. The molecule has 0 saturated heterocycles. The van der Waals surface area contributed by atoms with Gasteiger partial charge in [-0.3, -0.25) is 0 Å². The molecule has 1 heteroatoms. The highest BCUT2D eigenvalue weighted by molar-refractivity contribution is 9.09. The van der Waals surface area contributed by atoms with Crippen LogP contribution in [0.3, 0.4) is 0 Å². The van der Waals surface area contributed by atoms with Crippen molar-refractivity contribution in [3.8, 4) is 0 Å². The van der Waals surface area contributed by atoms with E-state index in [4.69, 9.17) is 0 Å². The highest BCUT2D eigenvalue weighted by Crippen LogP contribution is 2.41. The van der Waals surface area contributed by atoms with Crippen LogP contribution in [0, 0.1) is 0 Å². The van der Waals surface area contributed by atoms with Crippen molar-refractivity contribution in [1.82, 2.24) is 0 Å². The van der Waals surface area contributed by atoms with Crippen LogP contribution in [0.5, 0.6) is 0 Å². The monoisotopic (exact) mass is 222 g/mol. The summed E-state index contributed by atoms with van der Waals surface area (Å²) in [4.78, 5) is 0. The molecule has 0 aromatic heterocycles. The molecule has 0 nitrogen and oxygen atoms in total. The van der Waals surface area contributed by atoms with E-state index in [1.54, 1.807) is 0 Å². The molecule has 0 N–H and O–H groups in total. The molecule has 1 aromatic carbocycles. The zero-order valence-electron chi connectivity index (χ0n) is 6.83. The second-order valence-corrected chi connectivity index (χ2v) is 4.58. The molecule has 1 atom stereocenters. The maximum atomic E-state index is 3.77. The maximum absolute atomic E-state index is 3.77. The highest BCUT2D eigenvalue weighted by Gasteiger charge is 2.27. The summed E-state index contributed by atoms with van der Waals surface area (Å²) in [6.07, 6.45) is 6.85. The van der Waals surface area contributed by atoms with Gasteiger partial charge in [-0.25, -0.2) is 0 Å². The van der Waals surface area contributed by atoms with Gasteiger partial charge in [0, 0.05) is 0 Å². The minimum absolute atomic E-state index is 0.119. The Balaban J connectivity index is 2.36. The van der Waals surface area contributed by atoms with Gasteiger partial charge in [0.2, 0.25) is 0 Å². The number of rotatable bonds is 1. The van der Waals surface area contributed by atoms with E-state index in [9.17, 15) is 0 Å². The third-order valence-electron chi connectivity index (χ3n) is 2.31. The zero-order valence-corrected chi connectivity index (χ0v) is 8.42. The molecule has 0 saturated carbocycles. The van der Waals surface area contributed by atoms with Gasteiger partial charge in [0.05, 0.1) is 4.32 Å². The first kappa shape index (κ1) is 8.06. The topological polar surface area (TPSA) is 0 Å². The molecule has 0 radical (unpaired) electrons. The van der Waals surface area contributed by atoms with E-state index in [0.717, 1.165) is 0 Å². The number of allylic oxidation sites excluding steroid dienone is 2. The van der Waals surface area contributed by atoms with E-state index in [2.05, 4.69) is 58.4 Å². The van der Waals surface area contributed by atoms with Gasteiger partial charge in [0.1, 0.15) is 0 Å². The summed E-state index contributed by atoms with van der Waals surface area (Å²) >= 11 is 3.77.